The van der Waals surface area contributed by atoms with Crippen LogP contribution in [0.3, 0.4) is 0 Å². The molecule has 1 aromatic rings. The van der Waals surface area contributed by atoms with Gasteiger partial charge in [-0.2, -0.15) is 0 Å². The molecule has 2 heteroatoms. The van der Waals surface area contributed by atoms with Crippen LogP contribution in [-0.2, 0) is 4.74 Å². The second kappa shape index (κ2) is 3.62. The smallest absolute Gasteiger partial charge is 0.220 e. The summed E-state index contributed by atoms with van der Waals surface area (Å²) in [6, 6.07) is 7.92. The Kier molecular flexibility index (Phi) is 2.32. The molecule has 0 aliphatic carbocycles. The van der Waals surface area contributed by atoms with Gasteiger partial charge in [-0.3, -0.25) is 0 Å². The molecule has 1 atom stereocenters. The van der Waals surface area contributed by atoms with E-state index in [1.54, 1.807) is 0 Å². The van der Waals surface area contributed by atoms with Crippen molar-refractivity contribution in [3.63, 3.8) is 0 Å². The Morgan fingerprint density at radius 2 is 2.23 bits per heavy atom. The van der Waals surface area contributed by atoms with Gasteiger partial charge in [0.1, 0.15) is 5.75 Å². The lowest BCUT2D eigenvalue weighted by atomic mass is 10.1. The Morgan fingerprint density at radius 1 is 1.38 bits per heavy atom. The summed E-state index contributed by atoms with van der Waals surface area (Å²) in [5, 5.41) is 0. The number of ether oxygens (including phenoxy) is 2. The van der Waals surface area contributed by atoms with Crippen LogP contribution in [0, 0.1) is 0 Å². The molecule has 1 heterocycles. The predicted octanol–water partition coefficient (Wildman–Crippen LogP) is 2.45. The van der Waals surface area contributed by atoms with Crippen molar-refractivity contribution >= 4 is 6.08 Å². The summed E-state index contributed by atoms with van der Waals surface area (Å²) < 4.78 is 10.9. The third-order valence-corrected chi connectivity index (χ3v) is 1.93. The molecule has 0 N–H and O–H groups in total. The summed E-state index contributed by atoms with van der Waals surface area (Å²) in [6.45, 7) is 2.62. The van der Waals surface area contributed by atoms with Gasteiger partial charge in [0.15, 0.2) is 0 Å². The molecule has 1 aromatic carbocycles. The first kappa shape index (κ1) is 8.32. The monoisotopic (exact) mass is 176 g/mol. The molecule has 68 valence electrons. The van der Waals surface area contributed by atoms with Gasteiger partial charge in [0.25, 0.3) is 0 Å². The molecule has 0 amide bonds. The molecule has 1 aliphatic rings. The van der Waals surface area contributed by atoms with E-state index >= 15 is 0 Å². The quantitative estimate of drug-likeness (QED) is 0.689. The summed E-state index contributed by atoms with van der Waals surface area (Å²) in [5.74, 6) is 0.892. The van der Waals surface area contributed by atoms with Crippen molar-refractivity contribution in [2.75, 3.05) is 6.61 Å². The lowest BCUT2D eigenvalue weighted by molar-refractivity contribution is -0.0414. The molecule has 0 aromatic heterocycles. The van der Waals surface area contributed by atoms with Gasteiger partial charge in [-0.25, -0.2) is 0 Å². The molecular formula is C11H12O2. The zero-order valence-electron chi connectivity index (χ0n) is 7.57. The summed E-state index contributed by atoms with van der Waals surface area (Å²) in [7, 11) is 0. The van der Waals surface area contributed by atoms with Crippen LogP contribution < -0.4 is 4.74 Å². The van der Waals surface area contributed by atoms with E-state index in [0.717, 1.165) is 11.3 Å². The molecule has 0 spiro atoms. The van der Waals surface area contributed by atoms with Gasteiger partial charge in [-0.1, -0.05) is 18.2 Å². The zero-order chi connectivity index (χ0) is 9.10. The maximum atomic E-state index is 5.56. The summed E-state index contributed by atoms with van der Waals surface area (Å²) >= 11 is 0. The first-order chi connectivity index (χ1) is 6.40. The van der Waals surface area contributed by atoms with E-state index < -0.39 is 0 Å². The molecule has 13 heavy (non-hydrogen) atoms. The first-order valence-electron chi connectivity index (χ1n) is 4.45. The molecule has 1 aliphatic heterocycles. The average Bonchev–Trinajstić information content (AvgIpc) is 2.18. The van der Waals surface area contributed by atoms with Crippen LogP contribution in [0.15, 0.2) is 30.3 Å². The minimum Gasteiger partial charge on any atom is -0.461 e. The molecule has 0 radical (unpaired) electrons. The van der Waals surface area contributed by atoms with E-state index in [-0.39, 0.29) is 6.29 Å². The minimum absolute atomic E-state index is 0.222. The average molecular weight is 176 g/mol. The third-order valence-electron chi connectivity index (χ3n) is 1.93. The number of para-hydroxylation sites is 1. The number of hydrogen-bond acceptors (Lipinski definition) is 2. The highest BCUT2D eigenvalue weighted by atomic mass is 16.7. The Hall–Kier alpha value is -1.28. The van der Waals surface area contributed by atoms with Gasteiger partial charge in [-0.05, 0) is 25.1 Å². The first-order valence-corrected chi connectivity index (χ1v) is 4.45. The van der Waals surface area contributed by atoms with E-state index in [1.807, 2.05) is 43.3 Å². The highest BCUT2D eigenvalue weighted by Crippen LogP contribution is 2.25. The largest absolute Gasteiger partial charge is 0.461 e. The molecule has 0 unspecified atom stereocenters. The van der Waals surface area contributed by atoms with Gasteiger partial charge in [0.05, 0.1) is 0 Å². The van der Waals surface area contributed by atoms with E-state index in [4.69, 9.17) is 9.47 Å². The molecule has 0 saturated carbocycles. The zero-order valence-corrected chi connectivity index (χ0v) is 7.57. The molecule has 0 fully saturated rings. The van der Waals surface area contributed by atoms with Gasteiger partial charge in [0.2, 0.25) is 6.29 Å². The van der Waals surface area contributed by atoms with E-state index in [0.29, 0.717) is 6.61 Å². The van der Waals surface area contributed by atoms with Crippen LogP contribution in [0.4, 0.5) is 0 Å². The van der Waals surface area contributed by atoms with Crippen molar-refractivity contribution in [2.45, 2.75) is 13.2 Å². The highest BCUT2D eigenvalue weighted by molar-refractivity contribution is 5.59. The Bertz CT molecular complexity index is 318. The van der Waals surface area contributed by atoms with Crippen LogP contribution in [0.2, 0.25) is 0 Å². The van der Waals surface area contributed by atoms with Crippen molar-refractivity contribution in [3.8, 4) is 5.75 Å². The number of hydrogen-bond donors (Lipinski definition) is 0. The molecular weight excluding hydrogens is 164 g/mol. The van der Waals surface area contributed by atoms with Gasteiger partial charge < -0.3 is 9.47 Å². The summed E-state index contributed by atoms with van der Waals surface area (Å²) in [4.78, 5) is 0. The van der Waals surface area contributed by atoms with Crippen molar-refractivity contribution in [3.05, 3.63) is 35.9 Å². The Labute approximate surface area is 77.8 Å². The van der Waals surface area contributed by atoms with Crippen LogP contribution in [0.5, 0.6) is 5.75 Å². The van der Waals surface area contributed by atoms with Crippen LogP contribution in [0.1, 0.15) is 12.5 Å². The number of benzene rings is 1. The Balaban J connectivity index is 2.19. The second-order valence-corrected chi connectivity index (χ2v) is 2.84. The maximum absolute atomic E-state index is 5.56. The predicted molar refractivity (Wildman–Crippen MR) is 51.5 cm³/mol. The van der Waals surface area contributed by atoms with Crippen LogP contribution in [-0.4, -0.2) is 12.9 Å². The summed E-state index contributed by atoms with van der Waals surface area (Å²) in [6.07, 6.45) is 3.73. The second-order valence-electron chi connectivity index (χ2n) is 2.84. The number of fused-ring (bicyclic) bond motifs is 1. The van der Waals surface area contributed by atoms with Crippen molar-refractivity contribution in [1.82, 2.24) is 0 Å². The van der Waals surface area contributed by atoms with Gasteiger partial charge in [0, 0.05) is 12.2 Å². The SMILES string of the molecule is CCO[C@H]1C=Cc2ccccc2O1. The van der Waals surface area contributed by atoms with Crippen LogP contribution >= 0.6 is 0 Å². The van der Waals surface area contributed by atoms with Gasteiger partial charge >= 0.3 is 0 Å². The fraction of sp³-hybridized carbons (Fsp3) is 0.273. The third kappa shape index (κ3) is 1.73. The lowest BCUT2D eigenvalue weighted by Crippen LogP contribution is -2.20. The Morgan fingerprint density at radius 3 is 3.08 bits per heavy atom. The van der Waals surface area contributed by atoms with Crippen LogP contribution in [0.25, 0.3) is 6.08 Å². The molecule has 2 rings (SSSR count). The summed E-state index contributed by atoms with van der Waals surface area (Å²) in [5.41, 5.74) is 1.11. The van der Waals surface area contributed by atoms with Crippen molar-refractivity contribution in [1.29, 1.82) is 0 Å². The van der Waals surface area contributed by atoms with Crippen molar-refractivity contribution in [2.24, 2.45) is 0 Å². The standard InChI is InChI=1S/C11H12O2/c1-2-12-11-8-7-9-5-3-4-6-10(9)13-11/h3-8,11H,2H2,1H3/t11-/m1/s1. The molecule has 2 nitrogen and oxygen atoms in total. The number of rotatable bonds is 2. The fourth-order valence-corrected chi connectivity index (χ4v) is 1.33. The van der Waals surface area contributed by atoms with E-state index in [1.165, 1.54) is 0 Å². The molecule has 0 bridgehead atoms. The molecule has 0 saturated heterocycles. The lowest BCUT2D eigenvalue weighted by Gasteiger charge is -2.20. The maximum Gasteiger partial charge on any atom is 0.220 e. The highest BCUT2D eigenvalue weighted by Gasteiger charge is 2.12. The van der Waals surface area contributed by atoms with Gasteiger partial charge in [-0.15, -0.1) is 0 Å². The topological polar surface area (TPSA) is 18.5 Å². The van der Waals surface area contributed by atoms with Crippen molar-refractivity contribution < 1.29 is 9.47 Å². The van der Waals surface area contributed by atoms with E-state index in [2.05, 4.69) is 0 Å². The normalized spacial score (nSPS) is 19.3. The van der Waals surface area contributed by atoms with E-state index in [9.17, 15) is 0 Å². The fourth-order valence-electron chi connectivity index (χ4n) is 1.33. The minimum atomic E-state index is -0.222.